The molecule has 2 N–H and O–H groups in total. The van der Waals surface area contributed by atoms with Crippen molar-refractivity contribution >= 4 is 29.9 Å². The van der Waals surface area contributed by atoms with Gasteiger partial charge in [-0.1, -0.05) is 12.8 Å². The molecule has 0 amide bonds. The second-order valence-electron chi connectivity index (χ2n) is 5.76. The molecule has 1 unspecified atom stereocenters. The molecule has 1 aliphatic heterocycles. The van der Waals surface area contributed by atoms with Crippen LogP contribution in [0.15, 0.2) is 4.99 Å². The van der Waals surface area contributed by atoms with Gasteiger partial charge in [-0.3, -0.25) is 4.99 Å². The number of halogens is 1. The van der Waals surface area contributed by atoms with Crippen molar-refractivity contribution in [3.05, 3.63) is 0 Å². The molecule has 0 aromatic carbocycles. The minimum atomic E-state index is 0. The van der Waals surface area contributed by atoms with Gasteiger partial charge in [0.15, 0.2) is 5.96 Å². The Balaban J connectivity index is 0.00000180. The standard InChI is InChI=1S/C14H28N4.HI/c1-3-15-14(17-13-6-4-5-7-13)16-10-12-8-9-18(2)11-12;/h12-13H,3-11H2,1-2H3,(H2,15,16,17);1H. The second-order valence-corrected chi connectivity index (χ2v) is 5.76. The predicted octanol–water partition coefficient (Wildman–Crippen LogP) is 2.05. The van der Waals surface area contributed by atoms with E-state index in [2.05, 4.69) is 29.5 Å². The molecule has 1 saturated heterocycles. The highest BCUT2D eigenvalue weighted by Gasteiger charge is 2.20. The van der Waals surface area contributed by atoms with Crippen LogP contribution in [0, 0.1) is 5.92 Å². The van der Waals surface area contributed by atoms with Gasteiger partial charge >= 0.3 is 0 Å². The highest BCUT2D eigenvalue weighted by Crippen LogP contribution is 2.18. The third kappa shape index (κ3) is 5.85. The van der Waals surface area contributed by atoms with Crippen LogP contribution in [0.25, 0.3) is 0 Å². The minimum absolute atomic E-state index is 0. The molecule has 112 valence electrons. The Hall–Kier alpha value is -0.0400. The van der Waals surface area contributed by atoms with Crippen molar-refractivity contribution < 1.29 is 0 Å². The highest BCUT2D eigenvalue weighted by atomic mass is 127. The van der Waals surface area contributed by atoms with Crippen molar-refractivity contribution in [2.45, 2.75) is 45.1 Å². The Kier molecular flexibility index (Phi) is 8.06. The number of guanidine groups is 1. The smallest absolute Gasteiger partial charge is 0.191 e. The van der Waals surface area contributed by atoms with Crippen molar-refractivity contribution in [2.24, 2.45) is 10.9 Å². The molecule has 0 aromatic heterocycles. The Morgan fingerprint density at radius 2 is 2.00 bits per heavy atom. The lowest BCUT2D eigenvalue weighted by molar-refractivity contribution is 0.397. The zero-order valence-electron chi connectivity index (χ0n) is 12.3. The lowest BCUT2D eigenvalue weighted by Crippen LogP contribution is -2.42. The Labute approximate surface area is 134 Å². The third-order valence-electron chi connectivity index (χ3n) is 4.04. The predicted molar refractivity (Wildman–Crippen MR) is 92.4 cm³/mol. The van der Waals surface area contributed by atoms with Crippen molar-refractivity contribution in [1.29, 1.82) is 0 Å². The summed E-state index contributed by atoms with van der Waals surface area (Å²) in [6, 6.07) is 0.647. The monoisotopic (exact) mass is 380 g/mol. The van der Waals surface area contributed by atoms with E-state index >= 15 is 0 Å². The fourth-order valence-corrected chi connectivity index (χ4v) is 2.98. The molecule has 0 bridgehead atoms. The number of likely N-dealkylation sites (tertiary alicyclic amines) is 1. The average molecular weight is 380 g/mol. The van der Waals surface area contributed by atoms with Gasteiger partial charge in [-0.05, 0) is 45.7 Å². The van der Waals surface area contributed by atoms with Crippen LogP contribution in [0.3, 0.4) is 0 Å². The third-order valence-corrected chi connectivity index (χ3v) is 4.04. The van der Waals surface area contributed by atoms with E-state index in [1.54, 1.807) is 0 Å². The molecule has 19 heavy (non-hydrogen) atoms. The summed E-state index contributed by atoms with van der Waals surface area (Å²) in [6.45, 7) is 6.48. The van der Waals surface area contributed by atoms with Crippen LogP contribution in [-0.4, -0.2) is 50.1 Å². The summed E-state index contributed by atoms with van der Waals surface area (Å²) in [4.78, 5) is 7.16. The van der Waals surface area contributed by atoms with Crippen molar-refractivity contribution in [1.82, 2.24) is 15.5 Å². The van der Waals surface area contributed by atoms with Gasteiger partial charge in [0.25, 0.3) is 0 Å². The number of hydrogen-bond acceptors (Lipinski definition) is 2. The normalized spacial score (nSPS) is 25.4. The maximum Gasteiger partial charge on any atom is 0.191 e. The Morgan fingerprint density at radius 3 is 2.58 bits per heavy atom. The zero-order chi connectivity index (χ0) is 12.8. The molecule has 4 nitrogen and oxygen atoms in total. The van der Waals surface area contributed by atoms with Crippen LogP contribution in [0.5, 0.6) is 0 Å². The number of nitrogens with zero attached hydrogens (tertiary/aromatic N) is 2. The summed E-state index contributed by atoms with van der Waals surface area (Å²) in [5.74, 6) is 1.77. The molecular weight excluding hydrogens is 351 g/mol. The molecule has 1 aliphatic carbocycles. The fraction of sp³-hybridized carbons (Fsp3) is 0.929. The lowest BCUT2D eigenvalue weighted by atomic mass is 10.1. The maximum absolute atomic E-state index is 4.76. The van der Waals surface area contributed by atoms with Gasteiger partial charge in [-0.2, -0.15) is 0 Å². The van der Waals surface area contributed by atoms with Gasteiger partial charge in [0.05, 0.1) is 0 Å². The molecule has 5 heteroatoms. The molecular formula is C14H29IN4. The van der Waals surface area contributed by atoms with E-state index < -0.39 is 0 Å². The summed E-state index contributed by atoms with van der Waals surface area (Å²) >= 11 is 0. The lowest BCUT2D eigenvalue weighted by Gasteiger charge is -2.17. The Morgan fingerprint density at radius 1 is 1.26 bits per heavy atom. The SMILES string of the molecule is CCNC(=NCC1CCN(C)C1)NC1CCCC1.I. The molecule has 2 rings (SSSR count). The molecule has 2 fully saturated rings. The average Bonchev–Trinajstić information content (AvgIpc) is 2.98. The second kappa shape index (κ2) is 9.00. The van der Waals surface area contributed by atoms with Gasteiger partial charge in [0.1, 0.15) is 0 Å². The van der Waals surface area contributed by atoms with Crippen LogP contribution in [-0.2, 0) is 0 Å². The fourth-order valence-electron chi connectivity index (χ4n) is 2.98. The first-order valence-electron chi connectivity index (χ1n) is 7.51. The van der Waals surface area contributed by atoms with Crippen LogP contribution < -0.4 is 10.6 Å². The first kappa shape index (κ1) is 17.0. The summed E-state index contributed by atoms with van der Waals surface area (Å²) in [5, 5.41) is 6.95. The van der Waals surface area contributed by atoms with E-state index in [-0.39, 0.29) is 24.0 Å². The zero-order valence-corrected chi connectivity index (χ0v) is 14.7. The van der Waals surface area contributed by atoms with Crippen molar-refractivity contribution in [2.75, 3.05) is 33.2 Å². The number of rotatable bonds is 4. The first-order chi connectivity index (χ1) is 8.78. The van der Waals surface area contributed by atoms with Gasteiger partial charge in [0.2, 0.25) is 0 Å². The molecule has 1 atom stereocenters. The van der Waals surface area contributed by atoms with E-state index in [0.29, 0.717) is 6.04 Å². The molecule has 0 aromatic rings. The van der Waals surface area contributed by atoms with E-state index in [0.717, 1.165) is 25.0 Å². The van der Waals surface area contributed by atoms with E-state index in [1.165, 1.54) is 45.2 Å². The maximum atomic E-state index is 4.76. The van der Waals surface area contributed by atoms with E-state index in [1.807, 2.05) is 0 Å². The summed E-state index contributed by atoms with van der Waals surface area (Å²) in [7, 11) is 2.20. The number of nitrogens with one attached hydrogen (secondary N) is 2. The largest absolute Gasteiger partial charge is 0.357 e. The topological polar surface area (TPSA) is 39.7 Å². The quantitative estimate of drug-likeness (QED) is 0.446. The van der Waals surface area contributed by atoms with Gasteiger partial charge in [-0.25, -0.2) is 0 Å². The summed E-state index contributed by atoms with van der Waals surface area (Å²) in [6.07, 6.45) is 6.63. The van der Waals surface area contributed by atoms with Crippen molar-refractivity contribution in [3.8, 4) is 0 Å². The van der Waals surface area contributed by atoms with Crippen LogP contribution in [0.2, 0.25) is 0 Å². The molecule has 0 radical (unpaired) electrons. The number of hydrogen-bond donors (Lipinski definition) is 2. The van der Waals surface area contributed by atoms with E-state index in [9.17, 15) is 0 Å². The van der Waals surface area contributed by atoms with Crippen LogP contribution >= 0.6 is 24.0 Å². The summed E-state index contributed by atoms with van der Waals surface area (Å²) in [5.41, 5.74) is 0. The molecule has 2 aliphatic rings. The van der Waals surface area contributed by atoms with Crippen LogP contribution in [0.4, 0.5) is 0 Å². The Bertz CT molecular complexity index is 277. The van der Waals surface area contributed by atoms with E-state index in [4.69, 9.17) is 4.99 Å². The van der Waals surface area contributed by atoms with Gasteiger partial charge in [0, 0.05) is 25.7 Å². The van der Waals surface area contributed by atoms with Gasteiger partial charge in [-0.15, -0.1) is 24.0 Å². The molecule has 1 heterocycles. The minimum Gasteiger partial charge on any atom is -0.357 e. The number of aliphatic imine (C=N–C) groups is 1. The van der Waals surface area contributed by atoms with Crippen molar-refractivity contribution in [3.63, 3.8) is 0 Å². The van der Waals surface area contributed by atoms with Gasteiger partial charge < -0.3 is 15.5 Å². The first-order valence-corrected chi connectivity index (χ1v) is 7.51. The molecule has 1 saturated carbocycles. The molecule has 0 spiro atoms. The summed E-state index contributed by atoms with van der Waals surface area (Å²) < 4.78 is 0. The van der Waals surface area contributed by atoms with Crippen LogP contribution in [0.1, 0.15) is 39.0 Å². The highest BCUT2D eigenvalue weighted by molar-refractivity contribution is 14.0.